The molecule has 0 spiro atoms. The number of hydrogen-bond donors (Lipinski definition) is 5. The minimum atomic E-state index is -1.37. The lowest BCUT2D eigenvalue weighted by molar-refractivity contribution is -0.244. The Morgan fingerprint density at radius 1 is 1.40 bits per heavy atom. The third-order valence-corrected chi connectivity index (χ3v) is 2.32. The largest absolute Gasteiger partial charge is 0.388 e. The van der Waals surface area contributed by atoms with E-state index in [4.69, 9.17) is 10.5 Å². The van der Waals surface area contributed by atoms with Gasteiger partial charge in [-0.2, -0.15) is 0 Å². The summed E-state index contributed by atoms with van der Waals surface area (Å²) in [6, 6.07) is -1.04. The van der Waals surface area contributed by atoms with Gasteiger partial charge in [0.05, 0.1) is 0 Å². The average Bonchev–Trinajstić information content (AvgIpc) is 2.18. The highest BCUT2D eigenvalue weighted by molar-refractivity contribution is 5.73. The molecule has 0 aromatic rings. The zero-order valence-corrected chi connectivity index (χ0v) is 8.33. The average molecular weight is 220 g/mol. The molecule has 0 radical (unpaired) electrons. The number of aliphatic hydroxyl groups excluding tert-OH is 3. The van der Waals surface area contributed by atoms with Crippen molar-refractivity contribution in [1.82, 2.24) is 5.32 Å². The lowest BCUT2D eigenvalue weighted by atomic mass is 9.97. The number of carbonyl (C=O) groups is 1. The summed E-state index contributed by atoms with van der Waals surface area (Å²) >= 11 is 0. The molecule has 1 fully saturated rings. The van der Waals surface area contributed by atoms with Crippen molar-refractivity contribution in [3.05, 3.63) is 0 Å². The Balaban J connectivity index is 2.70. The molecule has 7 heteroatoms. The van der Waals surface area contributed by atoms with Crippen molar-refractivity contribution in [2.24, 2.45) is 5.73 Å². The Hall–Kier alpha value is -0.730. The van der Waals surface area contributed by atoms with E-state index in [9.17, 15) is 20.1 Å². The highest BCUT2D eigenvalue weighted by atomic mass is 16.6. The van der Waals surface area contributed by atoms with E-state index in [-0.39, 0.29) is 6.54 Å². The molecule has 6 N–H and O–H groups in total. The van der Waals surface area contributed by atoms with Crippen LogP contribution < -0.4 is 11.1 Å². The van der Waals surface area contributed by atoms with Crippen LogP contribution in [0.4, 0.5) is 0 Å². The van der Waals surface area contributed by atoms with Crippen molar-refractivity contribution >= 4 is 5.91 Å². The van der Waals surface area contributed by atoms with Crippen LogP contribution in [0.1, 0.15) is 6.92 Å². The number of nitrogens with two attached hydrogens (primary N) is 1. The van der Waals surface area contributed by atoms with E-state index in [1.807, 2.05) is 0 Å². The van der Waals surface area contributed by atoms with Gasteiger partial charge >= 0.3 is 0 Å². The quantitative estimate of drug-likeness (QED) is 0.335. The maximum absolute atomic E-state index is 10.8. The van der Waals surface area contributed by atoms with Gasteiger partial charge in [-0.15, -0.1) is 0 Å². The first-order valence-corrected chi connectivity index (χ1v) is 4.64. The predicted octanol–water partition coefficient (Wildman–Crippen LogP) is -3.11. The van der Waals surface area contributed by atoms with E-state index in [1.165, 1.54) is 6.92 Å². The minimum Gasteiger partial charge on any atom is -0.388 e. The standard InChI is InChI=1S/C8H16N2O5/c1-3(11)10-5-7(13)6(12)4(2-9)15-8(5)14/h4-8,12-14H,2,9H2,1H3,(H,10,11)/t4?,5?,6-,7?,8+/m1/s1. The molecule has 1 heterocycles. The molecule has 1 saturated heterocycles. The zero-order chi connectivity index (χ0) is 11.6. The van der Waals surface area contributed by atoms with E-state index in [0.717, 1.165) is 0 Å². The van der Waals surface area contributed by atoms with Crippen LogP contribution in [0.3, 0.4) is 0 Å². The fourth-order valence-corrected chi connectivity index (χ4v) is 1.53. The maximum Gasteiger partial charge on any atom is 0.217 e. The van der Waals surface area contributed by atoms with Crippen molar-refractivity contribution in [3.8, 4) is 0 Å². The third kappa shape index (κ3) is 2.64. The van der Waals surface area contributed by atoms with E-state index >= 15 is 0 Å². The van der Waals surface area contributed by atoms with Crippen LogP contribution in [0.15, 0.2) is 0 Å². The zero-order valence-electron chi connectivity index (χ0n) is 8.33. The molecular formula is C8H16N2O5. The maximum atomic E-state index is 10.8. The smallest absolute Gasteiger partial charge is 0.217 e. The second-order valence-corrected chi connectivity index (χ2v) is 3.51. The molecule has 5 atom stereocenters. The molecule has 7 nitrogen and oxygen atoms in total. The summed E-state index contributed by atoms with van der Waals surface area (Å²) < 4.78 is 4.94. The van der Waals surface area contributed by atoms with Gasteiger partial charge in [-0.1, -0.05) is 0 Å². The fraction of sp³-hybridized carbons (Fsp3) is 0.875. The summed E-state index contributed by atoms with van der Waals surface area (Å²) in [5.74, 6) is -0.430. The molecule has 1 aliphatic heterocycles. The van der Waals surface area contributed by atoms with E-state index in [0.29, 0.717) is 0 Å². The molecular weight excluding hydrogens is 204 g/mol. The Bertz CT molecular complexity index is 237. The van der Waals surface area contributed by atoms with Crippen LogP contribution in [0, 0.1) is 0 Å². The molecule has 1 amide bonds. The molecule has 0 aromatic heterocycles. The minimum absolute atomic E-state index is 0.0257. The number of hydrogen-bond acceptors (Lipinski definition) is 6. The van der Waals surface area contributed by atoms with Crippen molar-refractivity contribution in [2.45, 2.75) is 37.6 Å². The number of nitrogens with one attached hydrogen (secondary N) is 1. The molecule has 0 aromatic carbocycles. The second-order valence-electron chi connectivity index (χ2n) is 3.51. The molecule has 88 valence electrons. The van der Waals surface area contributed by atoms with Gasteiger partial charge in [0.25, 0.3) is 0 Å². The Kier molecular flexibility index (Phi) is 4.00. The van der Waals surface area contributed by atoms with E-state index < -0.39 is 36.6 Å². The van der Waals surface area contributed by atoms with Gasteiger partial charge in [0.15, 0.2) is 6.29 Å². The monoisotopic (exact) mass is 220 g/mol. The Morgan fingerprint density at radius 2 is 2.00 bits per heavy atom. The van der Waals surface area contributed by atoms with Crippen molar-refractivity contribution in [3.63, 3.8) is 0 Å². The molecule has 0 bridgehead atoms. The summed E-state index contributed by atoms with van der Waals surface area (Å²) in [5, 5.41) is 30.9. The molecule has 0 saturated carbocycles. The lowest BCUT2D eigenvalue weighted by Crippen LogP contribution is -2.64. The molecule has 1 rings (SSSR count). The van der Waals surface area contributed by atoms with E-state index in [2.05, 4.69) is 5.32 Å². The topological polar surface area (TPSA) is 125 Å². The Labute approximate surface area is 86.8 Å². The summed E-state index contributed by atoms with van der Waals surface area (Å²) in [6.45, 7) is 1.21. The third-order valence-electron chi connectivity index (χ3n) is 2.32. The van der Waals surface area contributed by atoms with Crippen molar-refractivity contribution in [1.29, 1.82) is 0 Å². The number of carbonyl (C=O) groups excluding carboxylic acids is 1. The van der Waals surface area contributed by atoms with Crippen LogP contribution >= 0.6 is 0 Å². The van der Waals surface area contributed by atoms with Gasteiger partial charge in [-0.05, 0) is 0 Å². The van der Waals surface area contributed by atoms with Crippen LogP contribution in [0.25, 0.3) is 0 Å². The first-order chi connectivity index (χ1) is 6.97. The number of amides is 1. The van der Waals surface area contributed by atoms with Crippen LogP contribution in [0.5, 0.6) is 0 Å². The lowest BCUT2D eigenvalue weighted by Gasteiger charge is -2.40. The summed E-state index contributed by atoms with van der Waals surface area (Å²) in [6.07, 6.45) is -4.73. The second kappa shape index (κ2) is 4.86. The number of ether oxygens (including phenoxy) is 1. The predicted molar refractivity (Wildman–Crippen MR) is 49.6 cm³/mol. The van der Waals surface area contributed by atoms with Crippen LogP contribution in [-0.2, 0) is 9.53 Å². The summed E-state index contributed by atoms with van der Waals surface area (Å²) in [4.78, 5) is 10.8. The van der Waals surface area contributed by atoms with Gasteiger partial charge in [-0.3, -0.25) is 4.79 Å². The SMILES string of the molecule is CC(=O)NC1C(O)[C@H](O)C(CN)O[C@@H]1O. The van der Waals surface area contributed by atoms with Crippen molar-refractivity contribution in [2.75, 3.05) is 6.54 Å². The first kappa shape index (κ1) is 12.3. The number of rotatable bonds is 2. The highest BCUT2D eigenvalue weighted by Gasteiger charge is 2.43. The van der Waals surface area contributed by atoms with Crippen LogP contribution in [-0.4, -0.2) is 58.4 Å². The molecule has 3 unspecified atom stereocenters. The van der Waals surface area contributed by atoms with Gasteiger partial charge in [0, 0.05) is 13.5 Å². The molecule has 15 heavy (non-hydrogen) atoms. The summed E-state index contributed by atoms with van der Waals surface area (Å²) in [5.41, 5.74) is 5.27. The highest BCUT2D eigenvalue weighted by Crippen LogP contribution is 2.19. The van der Waals surface area contributed by atoms with Crippen LogP contribution in [0.2, 0.25) is 0 Å². The number of aliphatic hydroxyl groups is 3. The molecule has 1 aliphatic rings. The normalized spacial score (nSPS) is 41.3. The Morgan fingerprint density at radius 3 is 2.47 bits per heavy atom. The summed E-state index contributed by atoms with van der Waals surface area (Å²) in [7, 11) is 0. The van der Waals surface area contributed by atoms with E-state index in [1.54, 1.807) is 0 Å². The van der Waals surface area contributed by atoms with Crippen molar-refractivity contribution < 1.29 is 24.9 Å². The molecule has 0 aliphatic carbocycles. The van der Waals surface area contributed by atoms with Gasteiger partial charge in [0.2, 0.25) is 5.91 Å². The van der Waals surface area contributed by atoms with Gasteiger partial charge in [0.1, 0.15) is 24.4 Å². The van der Waals surface area contributed by atoms with Gasteiger partial charge < -0.3 is 31.1 Å². The van der Waals surface area contributed by atoms with Gasteiger partial charge in [-0.25, -0.2) is 0 Å². The fourth-order valence-electron chi connectivity index (χ4n) is 1.53. The first-order valence-electron chi connectivity index (χ1n) is 4.64.